The van der Waals surface area contributed by atoms with Gasteiger partial charge in [-0.1, -0.05) is 11.2 Å². The summed E-state index contributed by atoms with van der Waals surface area (Å²) in [4.78, 5) is 37.6. The fraction of sp³-hybridized carbons (Fsp3) is 0.478. The van der Waals surface area contributed by atoms with Gasteiger partial charge in [-0.05, 0) is 43.7 Å². The van der Waals surface area contributed by atoms with Crippen LogP contribution in [0, 0.1) is 6.92 Å². The van der Waals surface area contributed by atoms with Gasteiger partial charge in [0.25, 0.3) is 11.6 Å². The second kappa shape index (κ2) is 8.99. The molecule has 2 aliphatic heterocycles. The lowest BCUT2D eigenvalue weighted by atomic mass is 10.1. The highest BCUT2D eigenvalue weighted by atomic mass is 32.1. The number of pyridine rings is 1. The number of piperidine rings is 1. The van der Waals surface area contributed by atoms with E-state index in [1.165, 1.54) is 6.42 Å². The Morgan fingerprint density at radius 3 is 2.56 bits per heavy atom. The second-order valence-electron chi connectivity index (χ2n) is 8.49. The summed E-state index contributed by atoms with van der Waals surface area (Å²) in [6, 6.07) is 5.80. The van der Waals surface area contributed by atoms with E-state index in [2.05, 4.69) is 15.0 Å². The maximum atomic E-state index is 13.5. The van der Waals surface area contributed by atoms with E-state index in [1.54, 1.807) is 11.3 Å². The number of aromatic nitrogens is 2. The molecule has 2 saturated heterocycles. The molecule has 2 amide bonds. The highest BCUT2D eigenvalue weighted by molar-refractivity contribution is 7.13. The van der Waals surface area contributed by atoms with Gasteiger partial charge in [-0.15, -0.1) is 11.3 Å². The Morgan fingerprint density at radius 2 is 1.84 bits per heavy atom. The molecule has 0 N–H and O–H groups in total. The van der Waals surface area contributed by atoms with Crippen LogP contribution in [0.3, 0.4) is 0 Å². The average molecular weight is 454 g/mol. The fourth-order valence-electron chi connectivity index (χ4n) is 4.53. The zero-order valence-electron chi connectivity index (χ0n) is 18.2. The Labute approximate surface area is 190 Å². The number of nitrogens with zero attached hydrogens (tertiary/aromatic N) is 5. The number of carbonyl (C=O) groups excluding carboxylic acids is 2. The standard InChI is InChI=1S/C23H27N5O3S/c1-16-21-17(14-18(19-6-5-13-32-19)24-22(21)31-25-16)23(30)28-11-9-26(10-12-28)15-20(29)27-7-3-2-4-8-27/h5-6,13-14H,2-4,7-12,15H2,1H3. The number of aryl methyl sites for hydroxylation is 1. The van der Waals surface area contributed by atoms with Gasteiger partial charge in [0.15, 0.2) is 0 Å². The molecule has 2 fully saturated rings. The van der Waals surface area contributed by atoms with Gasteiger partial charge in [0, 0.05) is 39.3 Å². The topological polar surface area (TPSA) is 82.8 Å². The largest absolute Gasteiger partial charge is 0.342 e. The van der Waals surface area contributed by atoms with Gasteiger partial charge in [-0.2, -0.15) is 0 Å². The first-order chi connectivity index (χ1) is 15.6. The summed E-state index contributed by atoms with van der Waals surface area (Å²) < 4.78 is 5.41. The van der Waals surface area contributed by atoms with E-state index in [1.807, 2.05) is 40.3 Å². The van der Waals surface area contributed by atoms with Crippen LogP contribution in [0.1, 0.15) is 35.3 Å². The van der Waals surface area contributed by atoms with E-state index < -0.39 is 0 Å². The Hall–Kier alpha value is -2.78. The second-order valence-corrected chi connectivity index (χ2v) is 9.44. The molecule has 8 nitrogen and oxygen atoms in total. The molecule has 0 unspecified atom stereocenters. The zero-order chi connectivity index (χ0) is 22.1. The van der Waals surface area contributed by atoms with Crippen molar-refractivity contribution in [2.75, 3.05) is 45.8 Å². The van der Waals surface area contributed by atoms with Gasteiger partial charge in [0.2, 0.25) is 5.91 Å². The minimum absolute atomic E-state index is 0.0384. The molecule has 168 valence electrons. The number of hydrogen-bond donors (Lipinski definition) is 0. The number of piperazine rings is 1. The maximum Gasteiger partial charge on any atom is 0.259 e. The molecule has 0 atom stereocenters. The smallest absolute Gasteiger partial charge is 0.259 e. The molecule has 5 rings (SSSR count). The fourth-order valence-corrected chi connectivity index (χ4v) is 5.21. The normalized spacial score (nSPS) is 17.8. The molecule has 0 aliphatic carbocycles. The molecule has 5 heterocycles. The molecule has 0 aromatic carbocycles. The first kappa shape index (κ1) is 21.1. The first-order valence-corrected chi connectivity index (χ1v) is 12.1. The van der Waals surface area contributed by atoms with E-state index in [4.69, 9.17) is 4.52 Å². The molecule has 0 bridgehead atoms. The summed E-state index contributed by atoms with van der Waals surface area (Å²) in [6.07, 6.45) is 3.42. The summed E-state index contributed by atoms with van der Waals surface area (Å²) >= 11 is 1.57. The molecule has 3 aromatic heterocycles. The predicted molar refractivity (Wildman–Crippen MR) is 123 cm³/mol. The molecule has 32 heavy (non-hydrogen) atoms. The molecule has 0 radical (unpaired) electrons. The van der Waals surface area contributed by atoms with Crippen LogP contribution < -0.4 is 0 Å². The molecular weight excluding hydrogens is 426 g/mol. The lowest BCUT2D eigenvalue weighted by Crippen LogP contribution is -2.52. The summed E-state index contributed by atoms with van der Waals surface area (Å²) in [7, 11) is 0. The lowest BCUT2D eigenvalue weighted by Gasteiger charge is -2.36. The van der Waals surface area contributed by atoms with Crippen molar-refractivity contribution in [3.63, 3.8) is 0 Å². The number of amides is 2. The number of fused-ring (bicyclic) bond motifs is 1. The monoisotopic (exact) mass is 453 g/mol. The maximum absolute atomic E-state index is 13.5. The van der Waals surface area contributed by atoms with Crippen molar-refractivity contribution in [2.45, 2.75) is 26.2 Å². The third kappa shape index (κ3) is 4.14. The van der Waals surface area contributed by atoms with Gasteiger partial charge in [0.1, 0.15) is 0 Å². The number of likely N-dealkylation sites (tertiary alicyclic amines) is 1. The van der Waals surface area contributed by atoms with Gasteiger partial charge in [-0.3, -0.25) is 14.5 Å². The molecule has 0 spiro atoms. The van der Waals surface area contributed by atoms with E-state index in [9.17, 15) is 9.59 Å². The predicted octanol–water partition coefficient (Wildman–Crippen LogP) is 3.03. The Balaban J connectivity index is 1.30. The average Bonchev–Trinajstić information content (AvgIpc) is 3.50. The molecule has 3 aromatic rings. The minimum atomic E-state index is -0.0384. The minimum Gasteiger partial charge on any atom is -0.342 e. The molecule has 0 saturated carbocycles. The number of rotatable bonds is 4. The van der Waals surface area contributed by atoms with Gasteiger partial charge in [0.05, 0.1) is 33.8 Å². The van der Waals surface area contributed by atoms with Crippen molar-refractivity contribution in [1.82, 2.24) is 24.8 Å². The summed E-state index contributed by atoms with van der Waals surface area (Å²) in [6.45, 7) is 6.59. The van der Waals surface area contributed by atoms with Crippen LogP contribution in [0.15, 0.2) is 28.1 Å². The van der Waals surface area contributed by atoms with Crippen LogP contribution in [-0.4, -0.2) is 82.5 Å². The van der Waals surface area contributed by atoms with Crippen molar-refractivity contribution in [2.24, 2.45) is 0 Å². The van der Waals surface area contributed by atoms with Crippen LogP contribution in [0.5, 0.6) is 0 Å². The van der Waals surface area contributed by atoms with E-state index in [0.717, 1.165) is 36.5 Å². The zero-order valence-corrected chi connectivity index (χ0v) is 19.1. The summed E-state index contributed by atoms with van der Waals surface area (Å²) in [5, 5.41) is 6.70. The van der Waals surface area contributed by atoms with Crippen molar-refractivity contribution in [3.05, 3.63) is 34.8 Å². The van der Waals surface area contributed by atoms with E-state index in [0.29, 0.717) is 55.1 Å². The highest BCUT2D eigenvalue weighted by Crippen LogP contribution is 2.30. The third-order valence-corrected chi connectivity index (χ3v) is 7.24. The van der Waals surface area contributed by atoms with Crippen LogP contribution in [0.25, 0.3) is 21.7 Å². The Kier molecular flexibility index (Phi) is 5.93. The van der Waals surface area contributed by atoms with Gasteiger partial charge in [-0.25, -0.2) is 4.98 Å². The van der Waals surface area contributed by atoms with Crippen LogP contribution in [-0.2, 0) is 4.79 Å². The van der Waals surface area contributed by atoms with Crippen molar-refractivity contribution < 1.29 is 14.1 Å². The van der Waals surface area contributed by atoms with E-state index >= 15 is 0 Å². The highest BCUT2D eigenvalue weighted by Gasteiger charge is 2.28. The third-order valence-electron chi connectivity index (χ3n) is 6.35. The Morgan fingerprint density at radius 1 is 1.06 bits per heavy atom. The molecule has 9 heteroatoms. The first-order valence-electron chi connectivity index (χ1n) is 11.2. The molecular formula is C23H27N5O3S. The quantitative estimate of drug-likeness (QED) is 0.604. The number of thiophene rings is 1. The van der Waals surface area contributed by atoms with Crippen LogP contribution in [0.2, 0.25) is 0 Å². The Bertz CT molecular complexity index is 1110. The number of carbonyl (C=O) groups is 2. The van der Waals surface area contributed by atoms with Crippen molar-refractivity contribution in [3.8, 4) is 10.6 Å². The van der Waals surface area contributed by atoms with Gasteiger partial charge >= 0.3 is 0 Å². The number of hydrogen-bond acceptors (Lipinski definition) is 7. The summed E-state index contributed by atoms with van der Waals surface area (Å²) in [5.41, 5.74) is 2.36. The van der Waals surface area contributed by atoms with Crippen molar-refractivity contribution in [1.29, 1.82) is 0 Å². The molecule has 2 aliphatic rings. The van der Waals surface area contributed by atoms with Gasteiger partial charge < -0.3 is 14.3 Å². The van der Waals surface area contributed by atoms with Crippen molar-refractivity contribution >= 4 is 34.3 Å². The SMILES string of the molecule is Cc1noc2nc(-c3cccs3)cc(C(=O)N3CCN(CC(=O)N4CCCCC4)CC3)c12. The summed E-state index contributed by atoms with van der Waals surface area (Å²) in [5.74, 6) is 0.171. The van der Waals surface area contributed by atoms with E-state index in [-0.39, 0.29) is 11.8 Å². The lowest BCUT2D eigenvalue weighted by molar-refractivity contribution is -0.133. The van der Waals surface area contributed by atoms with Crippen LogP contribution >= 0.6 is 11.3 Å². The van der Waals surface area contributed by atoms with Crippen LogP contribution in [0.4, 0.5) is 0 Å².